The normalized spacial score (nSPS) is 10.9. The van der Waals surface area contributed by atoms with E-state index in [1.54, 1.807) is 24.4 Å². The lowest BCUT2D eigenvalue weighted by Gasteiger charge is -2.09. The van der Waals surface area contributed by atoms with Gasteiger partial charge in [0.25, 0.3) is 10.0 Å². The van der Waals surface area contributed by atoms with Gasteiger partial charge in [-0.2, -0.15) is 5.26 Å². The molecule has 0 unspecified atom stereocenters. The Balaban J connectivity index is 2.41. The molecular weight excluding hydrogens is 282 g/mol. The molecule has 2 aromatic rings. The van der Waals surface area contributed by atoms with Crippen LogP contribution < -0.4 is 10.5 Å². The molecule has 98 valence electrons. The minimum Gasteiger partial charge on any atom is -0.399 e. The number of benzene rings is 1. The van der Waals surface area contributed by atoms with Crippen LogP contribution in [0.15, 0.2) is 34.5 Å². The number of nitrogens with one attached hydrogen (secondary N) is 1. The van der Waals surface area contributed by atoms with Crippen LogP contribution in [0.5, 0.6) is 0 Å². The van der Waals surface area contributed by atoms with Crippen LogP contribution in [0, 0.1) is 18.3 Å². The number of rotatable bonds is 3. The summed E-state index contributed by atoms with van der Waals surface area (Å²) in [6.07, 6.45) is 0. The summed E-state index contributed by atoms with van der Waals surface area (Å²) in [5, 5.41) is 10.8. The Morgan fingerprint density at radius 2 is 2.11 bits per heavy atom. The smallest absolute Gasteiger partial charge is 0.262 e. The predicted molar refractivity (Wildman–Crippen MR) is 75.4 cm³/mol. The van der Waals surface area contributed by atoms with Gasteiger partial charge in [0.05, 0.1) is 10.5 Å². The van der Waals surface area contributed by atoms with Gasteiger partial charge in [-0.1, -0.05) is 0 Å². The quantitative estimate of drug-likeness (QED) is 0.849. The van der Waals surface area contributed by atoms with Crippen LogP contribution in [0.2, 0.25) is 0 Å². The Morgan fingerprint density at radius 3 is 2.74 bits per heavy atom. The average molecular weight is 293 g/mol. The summed E-state index contributed by atoms with van der Waals surface area (Å²) >= 11 is 1.17. The monoisotopic (exact) mass is 293 g/mol. The van der Waals surface area contributed by atoms with Crippen molar-refractivity contribution in [3.8, 4) is 6.07 Å². The van der Waals surface area contributed by atoms with Crippen LogP contribution in [-0.2, 0) is 10.0 Å². The maximum Gasteiger partial charge on any atom is 0.262 e. The second kappa shape index (κ2) is 4.91. The fourth-order valence-corrected chi connectivity index (χ4v) is 3.92. The third-order valence-electron chi connectivity index (χ3n) is 2.50. The molecule has 3 N–H and O–H groups in total. The summed E-state index contributed by atoms with van der Waals surface area (Å²) in [4.78, 5) is 0.152. The van der Waals surface area contributed by atoms with E-state index in [9.17, 15) is 8.42 Å². The minimum absolute atomic E-state index is 0.152. The van der Waals surface area contributed by atoms with Gasteiger partial charge in [-0.3, -0.25) is 4.72 Å². The summed E-state index contributed by atoms with van der Waals surface area (Å²) < 4.78 is 26.9. The molecule has 0 amide bonds. The molecule has 0 bridgehead atoms. The molecule has 0 radical (unpaired) electrons. The molecule has 1 aromatic carbocycles. The molecule has 0 fully saturated rings. The average Bonchev–Trinajstić information content (AvgIpc) is 2.74. The van der Waals surface area contributed by atoms with Gasteiger partial charge in [-0.25, -0.2) is 8.42 Å². The number of aryl methyl sites for hydroxylation is 1. The van der Waals surface area contributed by atoms with Crippen LogP contribution in [0.4, 0.5) is 10.7 Å². The molecule has 1 aromatic heterocycles. The van der Waals surface area contributed by atoms with E-state index in [0.29, 0.717) is 21.8 Å². The van der Waals surface area contributed by atoms with Gasteiger partial charge in [0.15, 0.2) is 0 Å². The van der Waals surface area contributed by atoms with Gasteiger partial charge in [0.1, 0.15) is 11.1 Å². The van der Waals surface area contributed by atoms with Crippen molar-refractivity contribution >= 4 is 32.0 Å². The Kier molecular flexibility index (Phi) is 3.46. The van der Waals surface area contributed by atoms with Crippen molar-refractivity contribution in [2.45, 2.75) is 11.8 Å². The van der Waals surface area contributed by atoms with Crippen molar-refractivity contribution in [2.24, 2.45) is 0 Å². The van der Waals surface area contributed by atoms with Gasteiger partial charge in [0.2, 0.25) is 0 Å². The van der Waals surface area contributed by atoms with Crippen LogP contribution in [0.1, 0.15) is 11.1 Å². The minimum atomic E-state index is -3.71. The van der Waals surface area contributed by atoms with E-state index in [0.717, 1.165) is 0 Å². The van der Waals surface area contributed by atoms with E-state index >= 15 is 0 Å². The lowest BCUT2D eigenvalue weighted by molar-refractivity contribution is 0.601. The number of anilines is 2. The highest BCUT2D eigenvalue weighted by atomic mass is 32.2. The highest BCUT2D eigenvalue weighted by Gasteiger charge is 2.19. The summed E-state index contributed by atoms with van der Waals surface area (Å²) in [6, 6.07) is 8.08. The summed E-state index contributed by atoms with van der Waals surface area (Å²) in [5.74, 6) is 0. The number of nitrogen functional groups attached to an aromatic ring is 1. The highest BCUT2D eigenvalue weighted by molar-refractivity contribution is 7.93. The predicted octanol–water partition coefficient (Wildman–Crippen LogP) is 2.31. The largest absolute Gasteiger partial charge is 0.399 e. The van der Waals surface area contributed by atoms with E-state index in [4.69, 9.17) is 11.0 Å². The lowest BCUT2D eigenvalue weighted by atomic mass is 10.2. The number of thiophene rings is 1. The summed E-state index contributed by atoms with van der Waals surface area (Å²) in [6.45, 7) is 1.67. The molecule has 7 heteroatoms. The molecule has 0 aliphatic carbocycles. The van der Waals surface area contributed by atoms with Gasteiger partial charge < -0.3 is 5.73 Å². The molecule has 0 saturated carbocycles. The van der Waals surface area contributed by atoms with Crippen LogP contribution >= 0.6 is 11.3 Å². The van der Waals surface area contributed by atoms with Gasteiger partial charge >= 0.3 is 0 Å². The first-order valence-corrected chi connectivity index (χ1v) is 7.67. The second-order valence-corrected chi connectivity index (χ2v) is 6.47. The maximum absolute atomic E-state index is 12.2. The Morgan fingerprint density at radius 1 is 1.37 bits per heavy atom. The topological polar surface area (TPSA) is 96.0 Å². The summed E-state index contributed by atoms with van der Waals surface area (Å²) in [5.41, 5.74) is 6.97. The second-order valence-electron chi connectivity index (χ2n) is 3.91. The molecule has 0 aliphatic rings. The van der Waals surface area contributed by atoms with Gasteiger partial charge in [0, 0.05) is 5.69 Å². The van der Waals surface area contributed by atoms with Crippen LogP contribution in [0.25, 0.3) is 0 Å². The Bertz CT molecular complexity index is 758. The van der Waals surface area contributed by atoms with Crippen molar-refractivity contribution < 1.29 is 8.42 Å². The zero-order chi connectivity index (χ0) is 14.0. The third kappa shape index (κ3) is 2.70. The first-order valence-electron chi connectivity index (χ1n) is 5.30. The zero-order valence-corrected chi connectivity index (χ0v) is 11.7. The van der Waals surface area contributed by atoms with E-state index < -0.39 is 10.0 Å². The standard InChI is InChI=1S/C12H11N3O2S2/c1-8-6-10(14)2-3-11(8)19(16,17)15-12-9(7-13)4-5-18-12/h2-6,15H,14H2,1H3. The van der Waals surface area contributed by atoms with Gasteiger partial charge in [-0.15, -0.1) is 11.3 Å². The molecular formula is C12H11N3O2S2. The third-order valence-corrected chi connectivity index (χ3v) is 4.97. The summed E-state index contributed by atoms with van der Waals surface area (Å²) in [7, 11) is -3.71. The number of nitrogens with zero attached hydrogens (tertiary/aromatic N) is 1. The maximum atomic E-state index is 12.2. The van der Waals surface area contributed by atoms with E-state index in [2.05, 4.69) is 4.72 Å². The lowest BCUT2D eigenvalue weighted by Crippen LogP contribution is -2.14. The molecule has 19 heavy (non-hydrogen) atoms. The highest BCUT2D eigenvalue weighted by Crippen LogP contribution is 2.27. The molecule has 0 aliphatic heterocycles. The zero-order valence-electron chi connectivity index (χ0n) is 10.0. The van der Waals surface area contributed by atoms with E-state index in [1.807, 2.05) is 6.07 Å². The van der Waals surface area contributed by atoms with Gasteiger partial charge in [-0.05, 0) is 42.1 Å². The van der Waals surface area contributed by atoms with Crippen molar-refractivity contribution in [2.75, 3.05) is 10.5 Å². The number of hydrogen-bond acceptors (Lipinski definition) is 5. The number of sulfonamides is 1. The molecule has 1 heterocycles. The number of hydrogen-bond donors (Lipinski definition) is 2. The fraction of sp³-hybridized carbons (Fsp3) is 0.0833. The first kappa shape index (κ1) is 13.4. The molecule has 5 nitrogen and oxygen atoms in total. The van der Waals surface area contributed by atoms with Crippen molar-refractivity contribution in [3.63, 3.8) is 0 Å². The first-order chi connectivity index (χ1) is 8.94. The van der Waals surface area contributed by atoms with Crippen molar-refractivity contribution in [3.05, 3.63) is 40.8 Å². The van der Waals surface area contributed by atoms with E-state index in [1.165, 1.54) is 23.5 Å². The molecule has 0 spiro atoms. The van der Waals surface area contributed by atoms with Crippen molar-refractivity contribution in [1.29, 1.82) is 5.26 Å². The Labute approximate surface area is 115 Å². The van der Waals surface area contributed by atoms with Crippen molar-refractivity contribution in [1.82, 2.24) is 0 Å². The van der Waals surface area contributed by atoms with Crippen LogP contribution in [-0.4, -0.2) is 8.42 Å². The SMILES string of the molecule is Cc1cc(N)ccc1S(=O)(=O)Nc1sccc1C#N. The van der Waals surface area contributed by atoms with Crippen LogP contribution in [0.3, 0.4) is 0 Å². The van der Waals surface area contributed by atoms with E-state index in [-0.39, 0.29) is 4.90 Å². The molecule has 2 rings (SSSR count). The number of nitrogens with two attached hydrogens (primary N) is 1. The molecule has 0 saturated heterocycles. The fourth-order valence-electron chi connectivity index (χ4n) is 1.63. The number of nitriles is 1. The molecule has 0 atom stereocenters. The Hall–Kier alpha value is -2.04.